The zero-order valence-electron chi connectivity index (χ0n) is 8.98. The maximum Gasteiger partial charge on any atom is 0.304 e. The molecular weight excluding hydrogens is 234 g/mol. The fourth-order valence-electron chi connectivity index (χ4n) is 1.75. The van der Waals surface area contributed by atoms with Crippen molar-refractivity contribution in [1.82, 2.24) is 4.72 Å². The van der Waals surface area contributed by atoms with Gasteiger partial charge in [0.05, 0.1) is 17.8 Å². The normalized spacial score (nSPS) is 19.8. The van der Waals surface area contributed by atoms with E-state index < -0.39 is 33.8 Å². The lowest BCUT2D eigenvalue weighted by Crippen LogP contribution is -2.41. The van der Waals surface area contributed by atoms with Crippen LogP contribution in [0.4, 0.5) is 0 Å². The standard InChI is InChI=1S/C9H17NO5S/c11-8(12)3-6-16(14,15)10-7-9(13)4-1-2-5-9/h10,13H,1-7H2,(H,11,12). The van der Waals surface area contributed by atoms with Crippen molar-refractivity contribution in [2.24, 2.45) is 0 Å². The average Bonchev–Trinajstić information content (AvgIpc) is 2.61. The summed E-state index contributed by atoms with van der Waals surface area (Å²) in [5, 5.41) is 18.3. The summed E-state index contributed by atoms with van der Waals surface area (Å²) < 4.78 is 25.0. The number of sulfonamides is 1. The average molecular weight is 251 g/mol. The van der Waals surface area contributed by atoms with Crippen LogP contribution in [0.1, 0.15) is 32.1 Å². The number of aliphatic hydroxyl groups is 1. The van der Waals surface area contributed by atoms with Crippen molar-refractivity contribution in [3.63, 3.8) is 0 Å². The van der Waals surface area contributed by atoms with Crippen molar-refractivity contribution in [2.45, 2.75) is 37.7 Å². The quantitative estimate of drug-likeness (QED) is 0.600. The highest BCUT2D eigenvalue weighted by Crippen LogP contribution is 2.28. The van der Waals surface area contributed by atoms with Gasteiger partial charge in [0, 0.05) is 6.54 Å². The molecule has 94 valence electrons. The first-order valence-corrected chi connectivity index (χ1v) is 6.90. The third kappa shape index (κ3) is 4.46. The van der Waals surface area contributed by atoms with E-state index in [2.05, 4.69) is 4.72 Å². The van der Waals surface area contributed by atoms with Crippen LogP contribution in [0.5, 0.6) is 0 Å². The van der Waals surface area contributed by atoms with E-state index in [0.717, 1.165) is 12.8 Å². The summed E-state index contributed by atoms with van der Waals surface area (Å²) in [5.74, 6) is -1.59. The minimum absolute atomic E-state index is 0.0189. The Morgan fingerprint density at radius 2 is 1.88 bits per heavy atom. The summed E-state index contributed by atoms with van der Waals surface area (Å²) in [7, 11) is -3.59. The smallest absolute Gasteiger partial charge is 0.304 e. The van der Waals surface area contributed by atoms with Crippen LogP contribution in [0, 0.1) is 0 Å². The van der Waals surface area contributed by atoms with Crippen molar-refractivity contribution < 1.29 is 23.4 Å². The molecule has 7 heteroatoms. The Kier molecular flexibility index (Phi) is 4.28. The minimum Gasteiger partial charge on any atom is -0.481 e. The molecule has 0 atom stereocenters. The van der Waals surface area contributed by atoms with Gasteiger partial charge in [-0.3, -0.25) is 4.79 Å². The molecule has 0 heterocycles. The highest BCUT2D eigenvalue weighted by Gasteiger charge is 2.32. The van der Waals surface area contributed by atoms with E-state index in [1.54, 1.807) is 0 Å². The van der Waals surface area contributed by atoms with Gasteiger partial charge < -0.3 is 10.2 Å². The summed E-state index contributed by atoms with van der Waals surface area (Å²) in [6.07, 6.45) is 2.55. The SMILES string of the molecule is O=C(O)CCS(=O)(=O)NCC1(O)CCCC1. The fourth-order valence-corrected chi connectivity index (χ4v) is 2.82. The van der Waals surface area contributed by atoms with Crippen LogP contribution >= 0.6 is 0 Å². The van der Waals surface area contributed by atoms with Crippen LogP contribution in [0.15, 0.2) is 0 Å². The summed E-state index contributed by atoms with van der Waals surface area (Å²) in [6, 6.07) is 0. The van der Waals surface area contributed by atoms with Gasteiger partial charge in [0.25, 0.3) is 0 Å². The number of aliphatic carboxylic acids is 1. The molecule has 1 rings (SSSR count). The molecule has 0 aromatic carbocycles. The molecular formula is C9H17NO5S. The van der Waals surface area contributed by atoms with Gasteiger partial charge >= 0.3 is 5.97 Å². The Morgan fingerprint density at radius 3 is 2.38 bits per heavy atom. The highest BCUT2D eigenvalue weighted by atomic mass is 32.2. The topological polar surface area (TPSA) is 104 Å². The molecule has 0 amide bonds. The second-order valence-corrected chi connectivity index (χ2v) is 6.14. The number of hydrogen-bond donors (Lipinski definition) is 3. The predicted octanol–water partition coefficient (Wildman–Crippen LogP) is -0.314. The van der Waals surface area contributed by atoms with E-state index >= 15 is 0 Å². The van der Waals surface area contributed by atoms with Crippen molar-refractivity contribution in [1.29, 1.82) is 0 Å². The molecule has 0 unspecified atom stereocenters. The third-order valence-electron chi connectivity index (χ3n) is 2.74. The molecule has 1 fully saturated rings. The number of nitrogens with one attached hydrogen (secondary N) is 1. The van der Waals surface area contributed by atoms with Gasteiger partial charge in [-0.15, -0.1) is 0 Å². The third-order valence-corrected chi connectivity index (χ3v) is 4.07. The number of hydrogen-bond acceptors (Lipinski definition) is 4. The molecule has 0 aliphatic heterocycles. The number of carbonyl (C=O) groups is 1. The van der Waals surface area contributed by atoms with Crippen molar-refractivity contribution >= 4 is 16.0 Å². The van der Waals surface area contributed by atoms with Gasteiger partial charge in [-0.05, 0) is 12.8 Å². The largest absolute Gasteiger partial charge is 0.481 e. The van der Waals surface area contributed by atoms with E-state index in [9.17, 15) is 18.3 Å². The van der Waals surface area contributed by atoms with E-state index in [4.69, 9.17) is 5.11 Å². The Balaban J connectivity index is 2.38. The summed E-state index contributed by atoms with van der Waals surface area (Å²) >= 11 is 0. The molecule has 0 spiro atoms. The number of carboxylic acid groups (broad SMARTS) is 1. The van der Waals surface area contributed by atoms with Gasteiger partial charge in [-0.1, -0.05) is 12.8 Å². The summed E-state index contributed by atoms with van der Waals surface area (Å²) in [5.41, 5.74) is -0.948. The molecule has 0 aromatic rings. The lowest BCUT2D eigenvalue weighted by Gasteiger charge is -2.22. The minimum atomic E-state index is -3.59. The van der Waals surface area contributed by atoms with Crippen LogP contribution < -0.4 is 4.72 Å². The monoisotopic (exact) mass is 251 g/mol. The molecule has 0 aromatic heterocycles. The van der Waals surface area contributed by atoms with Gasteiger partial charge in [0.1, 0.15) is 0 Å². The van der Waals surface area contributed by atoms with Crippen LogP contribution in [-0.2, 0) is 14.8 Å². The van der Waals surface area contributed by atoms with E-state index in [-0.39, 0.29) is 6.54 Å². The Bertz CT molecular complexity index is 345. The number of rotatable bonds is 6. The lowest BCUT2D eigenvalue weighted by atomic mass is 10.0. The molecule has 1 aliphatic carbocycles. The molecule has 16 heavy (non-hydrogen) atoms. The van der Waals surface area contributed by atoms with Crippen LogP contribution in [-0.4, -0.2) is 42.5 Å². The van der Waals surface area contributed by atoms with Crippen molar-refractivity contribution in [3.05, 3.63) is 0 Å². The van der Waals surface area contributed by atoms with Crippen molar-refractivity contribution in [2.75, 3.05) is 12.3 Å². The molecule has 1 saturated carbocycles. The molecule has 1 aliphatic rings. The summed E-state index contributed by atoms with van der Waals surface area (Å²) in [4.78, 5) is 10.2. The summed E-state index contributed by atoms with van der Waals surface area (Å²) in [6.45, 7) is -0.0189. The van der Waals surface area contributed by atoms with Gasteiger partial charge in [0.2, 0.25) is 10.0 Å². The van der Waals surface area contributed by atoms with Crippen LogP contribution in [0.25, 0.3) is 0 Å². The first-order chi connectivity index (χ1) is 7.33. The predicted molar refractivity (Wildman–Crippen MR) is 57.5 cm³/mol. The Labute approximate surface area is 94.7 Å². The zero-order chi connectivity index (χ0) is 12.2. The van der Waals surface area contributed by atoms with Gasteiger partial charge in [0.15, 0.2) is 0 Å². The molecule has 0 saturated heterocycles. The van der Waals surface area contributed by atoms with E-state index in [0.29, 0.717) is 12.8 Å². The fraction of sp³-hybridized carbons (Fsp3) is 0.889. The van der Waals surface area contributed by atoms with Gasteiger partial charge in [-0.25, -0.2) is 13.1 Å². The van der Waals surface area contributed by atoms with E-state index in [1.165, 1.54) is 0 Å². The van der Waals surface area contributed by atoms with Crippen LogP contribution in [0.2, 0.25) is 0 Å². The van der Waals surface area contributed by atoms with E-state index in [1.807, 2.05) is 0 Å². The maximum absolute atomic E-state index is 11.3. The maximum atomic E-state index is 11.3. The lowest BCUT2D eigenvalue weighted by molar-refractivity contribution is -0.136. The number of carboxylic acids is 1. The first-order valence-electron chi connectivity index (χ1n) is 5.25. The van der Waals surface area contributed by atoms with Gasteiger partial charge in [-0.2, -0.15) is 0 Å². The second kappa shape index (κ2) is 5.11. The molecule has 0 bridgehead atoms. The van der Waals surface area contributed by atoms with Crippen molar-refractivity contribution in [3.8, 4) is 0 Å². The molecule has 0 radical (unpaired) electrons. The van der Waals surface area contributed by atoms with Crippen LogP contribution in [0.3, 0.4) is 0 Å². The highest BCUT2D eigenvalue weighted by molar-refractivity contribution is 7.89. The Morgan fingerprint density at radius 1 is 1.31 bits per heavy atom. The molecule has 3 N–H and O–H groups in total. The molecule has 6 nitrogen and oxygen atoms in total. The zero-order valence-corrected chi connectivity index (χ0v) is 9.79. The Hall–Kier alpha value is -0.660. The first kappa shape index (κ1) is 13.4. The second-order valence-electron chi connectivity index (χ2n) is 4.22.